The number of rotatable bonds is 9. The van der Waals surface area contributed by atoms with Crippen molar-refractivity contribution in [1.29, 1.82) is 0 Å². The summed E-state index contributed by atoms with van der Waals surface area (Å²) in [5.41, 5.74) is 6.06. The zero-order valence-corrected chi connectivity index (χ0v) is 26.9. The molecule has 0 spiro atoms. The van der Waals surface area contributed by atoms with Gasteiger partial charge in [0.05, 0.1) is 48.9 Å². The van der Waals surface area contributed by atoms with Gasteiger partial charge in [-0.15, -0.1) is 0 Å². The Bertz CT molecular complexity index is 1980. The molecule has 0 unspecified atom stereocenters. The molecule has 2 aliphatic rings. The SMILES string of the molecule is COc1nc(-c2cccc(-c3cccc(Nc4nc(C(F)F)nc5cc(CN6CC[C@H](O)C6)cnc45)c3C)c2Cl)cnc1C1OCCO1. The Hall–Kier alpha value is -4.40. The number of fused-ring (bicyclic) bond motifs is 1. The number of alkyl halides is 2. The molecule has 248 valence electrons. The molecule has 0 amide bonds. The van der Waals surface area contributed by atoms with E-state index < -0.39 is 18.5 Å². The molecule has 0 aliphatic carbocycles. The van der Waals surface area contributed by atoms with Crippen LogP contribution in [0, 0.1) is 6.92 Å². The predicted octanol–water partition coefficient (Wildman–Crippen LogP) is 6.41. The van der Waals surface area contributed by atoms with Gasteiger partial charge in [-0.05, 0) is 42.2 Å². The number of methoxy groups -OCH3 is 1. The summed E-state index contributed by atoms with van der Waals surface area (Å²) >= 11 is 7.03. The van der Waals surface area contributed by atoms with E-state index in [2.05, 4.69) is 35.1 Å². The highest BCUT2D eigenvalue weighted by atomic mass is 35.5. The standard InChI is InChI=1S/C34H32ClF2N7O4/c1-18-21(22-6-3-7-23(27(22)35)26-15-39-29(33(42-26)46-2)34-47-11-12-48-34)5-4-8-24(18)40-31-28-25(41-32(43-31)30(36)37)13-19(14-38-28)16-44-10-9-20(45)17-44/h3-8,13-15,20,30,34,45H,9-12,16-17H2,1-2H3,(H,40,41,43)/t20-/m0/s1. The molecule has 0 saturated carbocycles. The number of aliphatic hydroxyl groups is 1. The monoisotopic (exact) mass is 675 g/mol. The van der Waals surface area contributed by atoms with E-state index in [0.717, 1.165) is 28.8 Å². The minimum absolute atomic E-state index is 0.163. The molecule has 2 fully saturated rings. The average molecular weight is 676 g/mol. The number of ether oxygens (including phenoxy) is 3. The van der Waals surface area contributed by atoms with Crippen molar-refractivity contribution in [1.82, 2.24) is 29.8 Å². The van der Waals surface area contributed by atoms with Crippen molar-refractivity contribution in [3.8, 4) is 28.3 Å². The fourth-order valence-corrected chi connectivity index (χ4v) is 6.36. The summed E-state index contributed by atoms with van der Waals surface area (Å²) in [6.07, 6.45) is 0.0998. The molecule has 0 radical (unpaired) electrons. The Morgan fingerprint density at radius 2 is 1.81 bits per heavy atom. The number of halogens is 3. The van der Waals surface area contributed by atoms with E-state index in [1.165, 1.54) is 7.11 Å². The molecule has 48 heavy (non-hydrogen) atoms. The van der Waals surface area contributed by atoms with Crippen LogP contribution in [-0.4, -0.2) is 74.4 Å². The number of likely N-dealkylation sites (tertiary alicyclic amines) is 1. The topological polar surface area (TPSA) is 128 Å². The van der Waals surface area contributed by atoms with E-state index in [1.54, 1.807) is 18.5 Å². The van der Waals surface area contributed by atoms with Crippen molar-refractivity contribution in [2.75, 3.05) is 38.7 Å². The number of hydrogen-bond donors (Lipinski definition) is 2. The highest BCUT2D eigenvalue weighted by Crippen LogP contribution is 2.40. The van der Waals surface area contributed by atoms with Gasteiger partial charge < -0.3 is 24.6 Å². The summed E-state index contributed by atoms with van der Waals surface area (Å²) in [5.74, 6) is -0.158. The number of nitrogens with zero attached hydrogens (tertiary/aromatic N) is 6. The van der Waals surface area contributed by atoms with Crippen LogP contribution in [-0.2, 0) is 16.0 Å². The Morgan fingerprint density at radius 3 is 2.56 bits per heavy atom. The number of hydrogen-bond acceptors (Lipinski definition) is 11. The lowest BCUT2D eigenvalue weighted by atomic mass is 9.96. The van der Waals surface area contributed by atoms with Crippen LogP contribution in [0.2, 0.25) is 5.02 Å². The minimum atomic E-state index is -2.88. The molecule has 2 saturated heterocycles. The third-order valence-corrected chi connectivity index (χ3v) is 8.82. The second kappa shape index (κ2) is 13.6. The molecular weight excluding hydrogens is 644 g/mol. The van der Waals surface area contributed by atoms with Crippen molar-refractivity contribution in [3.63, 3.8) is 0 Å². The maximum atomic E-state index is 14.0. The lowest BCUT2D eigenvalue weighted by Crippen LogP contribution is -2.21. The lowest BCUT2D eigenvalue weighted by molar-refractivity contribution is -0.0491. The third kappa shape index (κ3) is 6.39. The van der Waals surface area contributed by atoms with Gasteiger partial charge in [0, 0.05) is 42.6 Å². The number of aromatic nitrogens is 5. The molecule has 14 heteroatoms. The number of nitrogens with one attached hydrogen (secondary N) is 1. The summed E-state index contributed by atoms with van der Waals surface area (Å²) in [5, 5.41) is 13.6. The van der Waals surface area contributed by atoms with Gasteiger partial charge in [0.15, 0.2) is 17.3 Å². The van der Waals surface area contributed by atoms with Crippen LogP contribution >= 0.6 is 11.6 Å². The van der Waals surface area contributed by atoms with Gasteiger partial charge in [0.1, 0.15) is 5.52 Å². The average Bonchev–Trinajstić information content (AvgIpc) is 3.77. The van der Waals surface area contributed by atoms with Gasteiger partial charge >= 0.3 is 0 Å². The van der Waals surface area contributed by atoms with Crippen LogP contribution in [0.5, 0.6) is 5.88 Å². The zero-order chi connectivity index (χ0) is 33.4. The molecule has 2 aromatic carbocycles. The minimum Gasteiger partial charge on any atom is -0.480 e. The maximum absolute atomic E-state index is 14.0. The van der Waals surface area contributed by atoms with Crippen molar-refractivity contribution in [2.45, 2.75) is 38.7 Å². The molecule has 7 rings (SSSR count). The summed E-state index contributed by atoms with van der Waals surface area (Å²) in [7, 11) is 1.51. The van der Waals surface area contributed by atoms with Crippen molar-refractivity contribution in [2.24, 2.45) is 0 Å². The normalized spacial score (nSPS) is 17.1. The van der Waals surface area contributed by atoms with Crippen LogP contribution in [0.4, 0.5) is 20.3 Å². The van der Waals surface area contributed by atoms with E-state index in [9.17, 15) is 13.9 Å². The fraction of sp³-hybridized carbons (Fsp3) is 0.324. The predicted molar refractivity (Wildman–Crippen MR) is 175 cm³/mol. The first-order valence-electron chi connectivity index (χ1n) is 15.4. The van der Waals surface area contributed by atoms with E-state index in [-0.39, 0.29) is 17.8 Å². The first kappa shape index (κ1) is 32.2. The second-order valence-corrected chi connectivity index (χ2v) is 12.0. The van der Waals surface area contributed by atoms with Gasteiger partial charge in [-0.25, -0.2) is 28.7 Å². The summed E-state index contributed by atoms with van der Waals surface area (Å²) in [6.45, 7) is 4.67. The van der Waals surface area contributed by atoms with Gasteiger partial charge in [-0.3, -0.25) is 9.88 Å². The Balaban J connectivity index is 1.21. The Labute approximate surface area is 279 Å². The van der Waals surface area contributed by atoms with Crippen LogP contribution in [0.3, 0.4) is 0 Å². The molecule has 2 aliphatic heterocycles. The first-order chi connectivity index (χ1) is 23.3. The largest absolute Gasteiger partial charge is 0.480 e. The van der Waals surface area contributed by atoms with E-state index in [1.807, 2.05) is 43.3 Å². The van der Waals surface area contributed by atoms with Crippen LogP contribution in [0.1, 0.15) is 41.8 Å². The number of aliphatic hydroxyl groups excluding tert-OH is 1. The summed E-state index contributed by atoms with van der Waals surface area (Å²) in [6, 6.07) is 13.0. The Kier molecular flexibility index (Phi) is 9.12. The molecule has 0 bridgehead atoms. The second-order valence-electron chi connectivity index (χ2n) is 11.6. The fourth-order valence-electron chi connectivity index (χ4n) is 6.03. The molecule has 1 atom stereocenters. The Morgan fingerprint density at radius 1 is 1.04 bits per heavy atom. The van der Waals surface area contributed by atoms with Gasteiger partial charge in [0.2, 0.25) is 12.2 Å². The summed E-state index contributed by atoms with van der Waals surface area (Å²) < 4.78 is 44.6. The van der Waals surface area contributed by atoms with Crippen molar-refractivity contribution >= 4 is 34.1 Å². The quantitative estimate of drug-likeness (QED) is 0.180. The van der Waals surface area contributed by atoms with Crippen molar-refractivity contribution in [3.05, 3.63) is 82.5 Å². The highest BCUT2D eigenvalue weighted by molar-refractivity contribution is 6.36. The van der Waals surface area contributed by atoms with E-state index >= 15 is 0 Å². The van der Waals surface area contributed by atoms with Crippen LogP contribution in [0.25, 0.3) is 33.4 Å². The first-order valence-corrected chi connectivity index (χ1v) is 15.8. The third-order valence-electron chi connectivity index (χ3n) is 8.42. The highest BCUT2D eigenvalue weighted by Gasteiger charge is 2.26. The molecule has 5 heterocycles. The van der Waals surface area contributed by atoms with E-state index in [4.69, 9.17) is 25.8 Å². The molecule has 5 aromatic rings. The lowest BCUT2D eigenvalue weighted by Gasteiger charge is -2.18. The number of anilines is 2. The molecule has 3 aromatic heterocycles. The smallest absolute Gasteiger partial charge is 0.297 e. The summed E-state index contributed by atoms with van der Waals surface area (Å²) in [4.78, 5) is 24.1. The number of pyridine rings is 1. The zero-order valence-electron chi connectivity index (χ0n) is 26.2. The van der Waals surface area contributed by atoms with Gasteiger partial charge in [-0.1, -0.05) is 41.9 Å². The number of benzene rings is 2. The maximum Gasteiger partial charge on any atom is 0.297 e. The van der Waals surface area contributed by atoms with Crippen LogP contribution < -0.4 is 10.1 Å². The molecule has 2 N–H and O–H groups in total. The molecular formula is C34H32ClF2N7O4. The van der Waals surface area contributed by atoms with Crippen molar-refractivity contribution < 1.29 is 28.1 Å². The van der Waals surface area contributed by atoms with Gasteiger partial charge in [0.25, 0.3) is 6.43 Å². The molecule has 11 nitrogen and oxygen atoms in total. The van der Waals surface area contributed by atoms with E-state index in [0.29, 0.717) is 71.4 Å². The van der Waals surface area contributed by atoms with Crippen LogP contribution in [0.15, 0.2) is 54.9 Å². The van der Waals surface area contributed by atoms with Gasteiger partial charge in [-0.2, -0.15) is 0 Å². The number of β-amino-alcohol motifs (C(OH)–C–C–N with tert-alkyl or cyclic N) is 1.